The van der Waals surface area contributed by atoms with Gasteiger partial charge in [-0.25, -0.2) is 19.2 Å². The van der Waals surface area contributed by atoms with Gasteiger partial charge in [0.05, 0.1) is 29.6 Å². The zero-order valence-corrected chi connectivity index (χ0v) is 22.6. The fourth-order valence-corrected chi connectivity index (χ4v) is 4.91. The van der Waals surface area contributed by atoms with Crippen LogP contribution in [0.15, 0.2) is 36.8 Å². The summed E-state index contributed by atoms with van der Waals surface area (Å²) in [5, 5.41) is 3.51. The number of likely N-dealkylation sites (tertiary alicyclic amines) is 1. The Bertz CT molecular complexity index is 1570. The highest BCUT2D eigenvalue weighted by Gasteiger charge is 2.29. The van der Waals surface area contributed by atoms with Gasteiger partial charge in [0.2, 0.25) is 0 Å². The van der Waals surface area contributed by atoms with E-state index in [0.717, 1.165) is 23.8 Å². The number of carbonyl (C=O) groups excluding carboxylic acids is 2. The first-order chi connectivity index (χ1) is 18.5. The third kappa shape index (κ3) is 5.47. The summed E-state index contributed by atoms with van der Waals surface area (Å²) in [5.74, 6) is -0.841. The Hall–Kier alpha value is -4.28. The molecular weight excluding hydrogens is 503 g/mol. The number of methoxy groups -OCH3 is 1. The minimum absolute atomic E-state index is 0.134. The molecule has 1 fully saturated rings. The molecule has 0 bridgehead atoms. The first kappa shape index (κ1) is 26.3. The van der Waals surface area contributed by atoms with Crippen molar-refractivity contribution in [1.29, 1.82) is 0 Å². The molecule has 4 heterocycles. The minimum Gasteiger partial charge on any atom is -0.467 e. The molecule has 1 saturated heterocycles. The molecule has 0 spiro atoms. The molecule has 1 aliphatic heterocycles. The van der Waals surface area contributed by atoms with E-state index in [0.29, 0.717) is 29.9 Å². The summed E-state index contributed by atoms with van der Waals surface area (Å²) in [4.78, 5) is 40.5. The van der Waals surface area contributed by atoms with E-state index >= 15 is 0 Å². The van der Waals surface area contributed by atoms with E-state index in [1.165, 1.54) is 17.6 Å². The molecule has 0 saturated carbocycles. The zero-order valence-electron chi connectivity index (χ0n) is 22.6. The maximum Gasteiger partial charge on any atom is 0.410 e. The molecule has 11 heteroatoms. The van der Waals surface area contributed by atoms with E-state index < -0.39 is 17.3 Å². The van der Waals surface area contributed by atoms with Crippen LogP contribution in [0.4, 0.5) is 14.9 Å². The van der Waals surface area contributed by atoms with E-state index in [9.17, 15) is 14.0 Å². The second-order valence-electron chi connectivity index (χ2n) is 10.7. The molecule has 39 heavy (non-hydrogen) atoms. The molecular formula is C28H31FN6O4. The molecule has 0 atom stereocenters. The van der Waals surface area contributed by atoms with Crippen LogP contribution in [0.2, 0.25) is 0 Å². The lowest BCUT2D eigenvalue weighted by Gasteiger charge is -2.34. The number of amides is 2. The van der Waals surface area contributed by atoms with E-state index in [4.69, 9.17) is 9.47 Å². The third-order valence-electron chi connectivity index (χ3n) is 6.66. The van der Waals surface area contributed by atoms with E-state index in [2.05, 4.69) is 20.3 Å². The van der Waals surface area contributed by atoms with Crippen molar-refractivity contribution in [2.75, 3.05) is 25.5 Å². The molecule has 4 aromatic rings. The number of carbonyl (C=O) groups is 2. The first-order valence-corrected chi connectivity index (χ1v) is 12.8. The topological polar surface area (TPSA) is 111 Å². The normalized spacial score (nSPS) is 14.6. The molecule has 0 aliphatic carbocycles. The number of halogens is 1. The number of anilines is 1. The summed E-state index contributed by atoms with van der Waals surface area (Å²) < 4.78 is 26.9. The highest BCUT2D eigenvalue weighted by atomic mass is 19.1. The van der Waals surface area contributed by atoms with Crippen molar-refractivity contribution < 1.29 is 23.5 Å². The summed E-state index contributed by atoms with van der Waals surface area (Å²) >= 11 is 0. The standard InChI is InChI=1S/C28H31FN6O4/c1-16-14-35-15-18(12-22(29)24(35)31-16)32-25(36)20-7-6-19(21-13-30-26(38-5)33-23(20)21)17-8-10-34(11-9-17)27(37)39-28(2,3)4/h6-7,12-15,17H,8-11H2,1-5H3,(H,32,36). The van der Waals surface area contributed by atoms with Crippen molar-refractivity contribution in [3.8, 4) is 6.01 Å². The Morgan fingerprint density at radius 2 is 1.87 bits per heavy atom. The Morgan fingerprint density at radius 1 is 1.13 bits per heavy atom. The quantitative estimate of drug-likeness (QED) is 0.388. The van der Waals surface area contributed by atoms with Gasteiger partial charge in [0.15, 0.2) is 11.5 Å². The monoisotopic (exact) mass is 534 g/mol. The van der Waals surface area contributed by atoms with Crippen molar-refractivity contribution in [2.24, 2.45) is 0 Å². The first-order valence-electron chi connectivity index (χ1n) is 12.8. The number of rotatable bonds is 4. The number of hydrogen-bond acceptors (Lipinski definition) is 7. The summed E-state index contributed by atoms with van der Waals surface area (Å²) in [5.41, 5.74) is 2.33. The van der Waals surface area contributed by atoms with Crippen LogP contribution < -0.4 is 10.1 Å². The number of imidazole rings is 1. The molecule has 204 valence electrons. The number of fused-ring (bicyclic) bond motifs is 2. The number of ether oxygens (including phenoxy) is 2. The van der Waals surface area contributed by atoms with Gasteiger partial charge in [0.1, 0.15) is 5.60 Å². The highest BCUT2D eigenvalue weighted by molar-refractivity contribution is 6.12. The molecule has 1 N–H and O–H groups in total. The van der Waals surface area contributed by atoms with Crippen molar-refractivity contribution in [1.82, 2.24) is 24.3 Å². The molecule has 3 aromatic heterocycles. The SMILES string of the molecule is COc1ncc2c(C3CCN(C(=O)OC(C)(C)C)CC3)ccc(C(=O)Nc3cc(F)c4nc(C)cn4c3)c2n1. The van der Waals surface area contributed by atoms with Gasteiger partial charge in [0.25, 0.3) is 5.91 Å². The highest BCUT2D eigenvalue weighted by Crippen LogP contribution is 2.35. The van der Waals surface area contributed by atoms with Crippen molar-refractivity contribution in [3.05, 3.63) is 59.4 Å². The second kappa shape index (κ2) is 10.1. The lowest BCUT2D eigenvalue weighted by Crippen LogP contribution is -2.41. The maximum atomic E-state index is 14.6. The van der Waals surface area contributed by atoms with Crippen LogP contribution in [-0.2, 0) is 4.74 Å². The number of aromatic nitrogens is 4. The molecule has 1 aromatic carbocycles. The predicted octanol–water partition coefficient (Wildman–Crippen LogP) is 5.10. The van der Waals surface area contributed by atoms with Crippen LogP contribution in [0.1, 0.15) is 61.1 Å². The Morgan fingerprint density at radius 3 is 2.56 bits per heavy atom. The minimum atomic E-state index is -0.549. The predicted molar refractivity (Wildman–Crippen MR) is 144 cm³/mol. The summed E-state index contributed by atoms with van der Waals surface area (Å²) in [6, 6.07) is 5.00. The largest absolute Gasteiger partial charge is 0.467 e. The van der Waals surface area contributed by atoms with Gasteiger partial charge in [-0.2, -0.15) is 4.98 Å². The van der Waals surface area contributed by atoms with E-state index in [-0.39, 0.29) is 29.4 Å². The maximum absolute atomic E-state index is 14.6. The van der Waals surface area contributed by atoms with Gasteiger partial charge in [-0.15, -0.1) is 0 Å². The Kier molecular flexibility index (Phi) is 6.83. The van der Waals surface area contributed by atoms with Crippen LogP contribution in [0.25, 0.3) is 16.6 Å². The number of pyridine rings is 1. The molecule has 2 amide bonds. The zero-order chi connectivity index (χ0) is 27.9. The Balaban J connectivity index is 1.42. The smallest absolute Gasteiger partial charge is 0.410 e. The van der Waals surface area contributed by atoms with Gasteiger partial charge < -0.3 is 24.1 Å². The van der Waals surface area contributed by atoms with Gasteiger partial charge in [-0.3, -0.25) is 4.79 Å². The third-order valence-corrected chi connectivity index (χ3v) is 6.66. The van der Waals surface area contributed by atoms with Gasteiger partial charge >= 0.3 is 12.1 Å². The number of nitrogens with one attached hydrogen (secondary N) is 1. The van der Waals surface area contributed by atoms with E-state index in [1.807, 2.05) is 26.8 Å². The lowest BCUT2D eigenvalue weighted by molar-refractivity contribution is 0.0205. The average Bonchev–Trinajstić information content (AvgIpc) is 3.27. The Labute approximate surface area is 225 Å². The fourth-order valence-electron chi connectivity index (χ4n) is 4.91. The van der Waals surface area contributed by atoms with Crippen molar-refractivity contribution >= 4 is 34.2 Å². The second-order valence-corrected chi connectivity index (χ2v) is 10.7. The van der Waals surface area contributed by atoms with Gasteiger partial charge in [0, 0.05) is 43.1 Å². The van der Waals surface area contributed by atoms with E-state index in [1.54, 1.807) is 36.5 Å². The molecule has 0 unspecified atom stereocenters. The fraction of sp³-hybridized carbons (Fsp3) is 0.393. The molecule has 1 aliphatic rings. The van der Waals surface area contributed by atoms with Crippen LogP contribution in [-0.4, -0.2) is 62.1 Å². The number of aryl methyl sites for hydroxylation is 1. The number of nitrogens with zero attached hydrogens (tertiary/aromatic N) is 5. The molecule has 10 nitrogen and oxygen atoms in total. The lowest BCUT2D eigenvalue weighted by atomic mass is 9.86. The summed E-state index contributed by atoms with van der Waals surface area (Å²) in [6.45, 7) is 8.44. The number of hydrogen-bond donors (Lipinski definition) is 1. The molecule has 5 rings (SSSR count). The van der Waals surface area contributed by atoms with Crippen LogP contribution >= 0.6 is 0 Å². The summed E-state index contributed by atoms with van der Waals surface area (Å²) in [6.07, 6.45) is 6.11. The number of benzene rings is 1. The molecule has 0 radical (unpaired) electrons. The van der Waals surface area contributed by atoms with Gasteiger partial charge in [-0.05, 0) is 58.1 Å². The number of piperidine rings is 1. The summed E-state index contributed by atoms with van der Waals surface area (Å²) in [7, 11) is 1.46. The van der Waals surface area contributed by atoms with Crippen LogP contribution in [0.3, 0.4) is 0 Å². The van der Waals surface area contributed by atoms with Gasteiger partial charge in [-0.1, -0.05) is 6.07 Å². The van der Waals surface area contributed by atoms with Crippen molar-refractivity contribution in [3.63, 3.8) is 0 Å². The van der Waals surface area contributed by atoms with Crippen LogP contribution in [0.5, 0.6) is 6.01 Å². The van der Waals surface area contributed by atoms with Crippen LogP contribution in [0, 0.1) is 12.7 Å². The van der Waals surface area contributed by atoms with Crippen molar-refractivity contribution in [2.45, 2.75) is 52.1 Å². The average molecular weight is 535 g/mol.